The number of hydrogen-bond acceptors (Lipinski definition) is 4. The minimum Gasteiger partial charge on any atom is -0.407 e. The van der Waals surface area contributed by atoms with E-state index in [0.29, 0.717) is 23.5 Å². The number of anilines is 2. The Labute approximate surface area is 189 Å². The molecule has 2 aromatic carbocycles. The largest absolute Gasteiger partial charge is 0.419 e. The van der Waals surface area contributed by atoms with E-state index in [9.17, 15) is 18.4 Å². The van der Waals surface area contributed by atoms with E-state index in [1.54, 1.807) is 23.2 Å². The van der Waals surface area contributed by atoms with E-state index in [1.165, 1.54) is 11.8 Å². The van der Waals surface area contributed by atoms with E-state index in [2.05, 4.69) is 5.10 Å². The number of aromatic nitrogens is 2. The molecule has 0 saturated heterocycles. The maximum Gasteiger partial charge on any atom is 0.419 e. The number of halogens is 2. The molecule has 1 atom stereocenters. The molecule has 1 aliphatic carbocycles. The zero-order chi connectivity index (χ0) is 23.3. The average Bonchev–Trinajstić information content (AvgIpc) is 3.51. The molecule has 1 saturated carbocycles. The number of carbonyl (C=O) groups is 2. The van der Waals surface area contributed by atoms with Crippen LogP contribution in [0.5, 0.6) is 5.75 Å². The summed E-state index contributed by atoms with van der Waals surface area (Å²) in [5, 5.41) is 4.42. The van der Waals surface area contributed by atoms with Gasteiger partial charge < -0.3 is 9.64 Å². The van der Waals surface area contributed by atoms with E-state index in [-0.39, 0.29) is 24.2 Å². The Morgan fingerprint density at radius 1 is 1.06 bits per heavy atom. The first kappa shape index (κ1) is 21.1. The Bertz CT molecular complexity index is 1250. The summed E-state index contributed by atoms with van der Waals surface area (Å²) in [4.78, 5) is 28.4. The van der Waals surface area contributed by atoms with Gasteiger partial charge in [0, 0.05) is 31.3 Å². The van der Waals surface area contributed by atoms with E-state index < -0.39 is 17.7 Å². The first-order valence-corrected chi connectivity index (χ1v) is 10.7. The lowest BCUT2D eigenvalue weighted by Gasteiger charge is -2.40. The summed E-state index contributed by atoms with van der Waals surface area (Å²) >= 11 is 0. The third-order valence-electron chi connectivity index (χ3n) is 5.92. The quantitative estimate of drug-likeness (QED) is 0.566. The van der Waals surface area contributed by atoms with Gasteiger partial charge in [0.2, 0.25) is 5.91 Å². The van der Waals surface area contributed by atoms with Gasteiger partial charge in [0.15, 0.2) is 11.6 Å². The second-order valence-corrected chi connectivity index (χ2v) is 8.44. The van der Waals surface area contributed by atoms with Crippen LogP contribution in [-0.4, -0.2) is 34.4 Å². The van der Waals surface area contributed by atoms with Crippen LogP contribution >= 0.6 is 0 Å². The van der Waals surface area contributed by atoms with Gasteiger partial charge in [-0.1, -0.05) is 6.07 Å². The molecule has 1 aromatic heterocycles. The SMILES string of the molecule is CC(=O)N1c2ccc(-c3cnn(C4CC4)c3)cc2N(C(=O)Oc2ccc(F)cc2F)C[C@@H]1C. The molecular formula is C24H22F2N4O3. The number of nitrogens with zero attached hydrogens (tertiary/aromatic N) is 4. The van der Waals surface area contributed by atoms with Crippen molar-refractivity contribution in [3.8, 4) is 16.9 Å². The molecule has 0 spiro atoms. The van der Waals surface area contributed by atoms with Crippen molar-refractivity contribution in [2.45, 2.75) is 38.8 Å². The number of amides is 2. The monoisotopic (exact) mass is 452 g/mol. The van der Waals surface area contributed by atoms with Crippen molar-refractivity contribution in [1.29, 1.82) is 0 Å². The number of carbonyl (C=O) groups excluding carboxylic acids is 2. The van der Waals surface area contributed by atoms with Crippen LogP contribution in [0, 0.1) is 11.6 Å². The van der Waals surface area contributed by atoms with Crippen LogP contribution in [0.3, 0.4) is 0 Å². The third-order valence-corrected chi connectivity index (χ3v) is 5.92. The molecule has 9 heteroatoms. The molecule has 33 heavy (non-hydrogen) atoms. The highest BCUT2D eigenvalue weighted by Gasteiger charge is 2.35. The van der Waals surface area contributed by atoms with Crippen molar-refractivity contribution in [3.63, 3.8) is 0 Å². The molecule has 1 aliphatic heterocycles. The number of rotatable bonds is 3. The Morgan fingerprint density at radius 2 is 1.85 bits per heavy atom. The van der Waals surface area contributed by atoms with Crippen molar-refractivity contribution in [2.75, 3.05) is 16.3 Å². The van der Waals surface area contributed by atoms with E-state index in [1.807, 2.05) is 23.9 Å². The van der Waals surface area contributed by atoms with Gasteiger partial charge >= 0.3 is 6.09 Å². The van der Waals surface area contributed by atoms with Crippen LogP contribution in [0.25, 0.3) is 11.1 Å². The highest BCUT2D eigenvalue weighted by molar-refractivity contribution is 6.03. The lowest BCUT2D eigenvalue weighted by Crippen LogP contribution is -2.52. The number of fused-ring (bicyclic) bond motifs is 1. The predicted molar refractivity (Wildman–Crippen MR) is 118 cm³/mol. The van der Waals surface area contributed by atoms with Gasteiger partial charge in [-0.25, -0.2) is 13.6 Å². The zero-order valence-corrected chi connectivity index (χ0v) is 18.2. The van der Waals surface area contributed by atoms with Crippen LogP contribution in [0.1, 0.15) is 32.7 Å². The molecule has 0 radical (unpaired) electrons. The van der Waals surface area contributed by atoms with Crippen LogP contribution in [-0.2, 0) is 4.79 Å². The zero-order valence-electron chi connectivity index (χ0n) is 18.2. The van der Waals surface area contributed by atoms with Crippen LogP contribution in [0.15, 0.2) is 48.8 Å². The van der Waals surface area contributed by atoms with Gasteiger partial charge in [-0.15, -0.1) is 0 Å². The molecule has 2 aliphatic rings. The topological polar surface area (TPSA) is 67.7 Å². The summed E-state index contributed by atoms with van der Waals surface area (Å²) in [5.74, 6) is -2.26. The fraction of sp³-hybridized carbons (Fsp3) is 0.292. The van der Waals surface area contributed by atoms with Gasteiger partial charge in [-0.3, -0.25) is 14.4 Å². The van der Waals surface area contributed by atoms with Crippen LogP contribution in [0.2, 0.25) is 0 Å². The summed E-state index contributed by atoms with van der Waals surface area (Å²) < 4.78 is 34.5. The van der Waals surface area contributed by atoms with Crippen LogP contribution in [0.4, 0.5) is 25.0 Å². The predicted octanol–water partition coefficient (Wildman–Crippen LogP) is 4.92. The fourth-order valence-electron chi connectivity index (χ4n) is 4.19. The van der Waals surface area contributed by atoms with E-state index in [0.717, 1.165) is 36.1 Å². The minimum atomic E-state index is -0.972. The number of hydrogen-bond donors (Lipinski definition) is 0. The third kappa shape index (κ3) is 3.94. The molecule has 0 bridgehead atoms. The lowest BCUT2D eigenvalue weighted by molar-refractivity contribution is -0.117. The second kappa shape index (κ2) is 7.99. The first-order chi connectivity index (χ1) is 15.8. The Kier molecular flexibility index (Phi) is 5.11. The number of ether oxygens (including phenoxy) is 1. The lowest BCUT2D eigenvalue weighted by atomic mass is 10.0. The van der Waals surface area contributed by atoms with Gasteiger partial charge in [0.25, 0.3) is 0 Å². The molecular weight excluding hydrogens is 430 g/mol. The van der Waals surface area contributed by atoms with Crippen molar-refractivity contribution < 1.29 is 23.1 Å². The molecule has 7 nitrogen and oxygen atoms in total. The van der Waals surface area contributed by atoms with Gasteiger partial charge in [0.1, 0.15) is 5.82 Å². The Hall–Kier alpha value is -3.75. The van der Waals surface area contributed by atoms with Crippen molar-refractivity contribution in [3.05, 3.63) is 60.4 Å². The molecule has 170 valence electrons. The maximum atomic E-state index is 14.1. The molecule has 5 rings (SSSR count). The standard InChI is InChI=1S/C24H22F2N4O3/c1-14-12-28(24(32)33-23-8-4-18(25)10-20(23)26)22-9-16(3-7-21(22)30(14)15(2)31)17-11-27-29(13-17)19-5-6-19/h3-4,7-11,13-14,19H,5-6,12H2,1-2H3/t14-/m0/s1. The molecule has 2 amide bonds. The highest BCUT2D eigenvalue weighted by atomic mass is 19.1. The summed E-state index contributed by atoms with van der Waals surface area (Å²) in [6.07, 6.45) is 5.13. The van der Waals surface area contributed by atoms with Gasteiger partial charge in [-0.05, 0) is 49.6 Å². The Balaban J connectivity index is 1.52. The van der Waals surface area contributed by atoms with Crippen molar-refractivity contribution in [2.24, 2.45) is 0 Å². The molecule has 1 fully saturated rings. The Morgan fingerprint density at radius 3 is 2.55 bits per heavy atom. The normalized spacial score (nSPS) is 17.6. The first-order valence-electron chi connectivity index (χ1n) is 10.7. The van der Waals surface area contributed by atoms with E-state index in [4.69, 9.17) is 4.74 Å². The molecule has 2 heterocycles. The molecule has 3 aromatic rings. The van der Waals surface area contributed by atoms with Crippen molar-refractivity contribution >= 4 is 23.4 Å². The second-order valence-electron chi connectivity index (χ2n) is 8.44. The smallest absolute Gasteiger partial charge is 0.407 e. The van der Waals surface area contributed by atoms with Gasteiger partial charge in [-0.2, -0.15) is 5.10 Å². The number of benzene rings is 2. The average molecular weight is 452 g/mol. The highest BCUT2D eigenvalue weighted by Crippen LogP contribution is 2.40. The molecule has 0 N–H and O–H groups in total. The summed E-state index contributed by atoms with van der Waals surface area (Å²) in [5.41, 5.74) is 2.73. The summed E-state index contributed by atoms with van der Waals surface area (Å²) in [6, 6.07) is 8.31. The maximum absolute atomic E-state index is 14.1. The van der Waals surface area contributed by atoms with E-state index >= 15 is 0 Å². The van der Waals surface area contributed by atoms with Gasteiger partial charge in [0.05, 0.1) is 29.7 Å². The fourth-order valence-corrected chi connectivity index (χ4v) is 4.19. The van der Waals surface area contributed by atoms with Crippen molar-refractivity contribution in [1.82, 2.24) is 9.78 Å². The summed E-state index contributed by atoms with van der Waals surface area (Å²) in [6.45, 7) is 3.44. The molecule has 0 unspecified atom stereocenters. The summed E-state index contributed by atoms with van der Waals surface area (Å²) in [7, 11) is 0. The minimum absolute atomic E-state index is 0.152. The van der Waals surface area contributed by atoms with Crippen LogP contribution < -0.4 is 14.5 Å².